The number of aryl methyl sites for hydroxylation is 2. The summed E-state index contributed by atoms with van der Waals surface area (Å²) in [4.78, 5) is 0. The molecular formula is C11H18N2. The first kappa shape index (κ1) is 8.79. The van der Waals surface area contributed by atoms with Crippen molar-refractivity contribution < 1.29 is 0 Å². The fourth-order valence-corrected chi connectivity index (χ4v) is 2.09. The van der Waals surface area contributed by atoms with Crippen LogP contribution in [0.3, 0.4) is 0 Å². The fraction of sp³-hybridized carbons (Fsp3) is 0.727. The molecule has 1 aromatic rings. The van der Waals surface area contributed by atoms with Crippen molar-refractivity contribution in [2.24, 2.45) is 0 Å². The molecule has 0 atom stereocenters. The molecule has 1 aliphatic rings. The molecule has 1 aromatic heterocycles. The van der Waals surface area contributed by atoms with Crippen molar-refractivity contribution in [2.45, 2.75) is 51.4 Å². The number of H-pyrrole nitrogens is 1. The molecule has 0 saturated carbocycles. The quantitative estimate of drug-likeness (QED) is 0.650. The van der Waals surface area contributed by atoms with Crippen LogP contribution in [0.4, 0.5) is 0 Å². The van der Waals surface area contributed by atoms with Gasteiger partial charge in [-0.25, -0.2) is 0 Å². The van der Waals surface area contributed by atoms with Crippen molar-refractivity contribution in [3.8, 4) is 0 Å². The highest BCUT2D eigenvalue weighted by molar-refractivity contribution is 5.16. The van der Waals surface area contributed by atoms with Gasteiger partial charge in [-0.15, -0.1) is 0 Å². The number of rotatable bonds is 0. The predicted molar refractivity (Wildman–Crippen MR) is 53.7 cm³/mol. The van der Waals surface area contributed by atoms with Crippen molar-refractivity contribution in [2.75, 3.05) is 0 Å². The summed E-state index contributed by atoms with van der Waals surface area (Å²) in [6.07, 6.45) is 12.7. The molecule has 0 amide bonds. The second kappa shape index (κ2) is 4.45. The van der Waals surface area contributed by atoms with E-state index in [1.165, 1.54) is 62.6 Å². The molecule has 0 aliphatic heterocycles. The van der Waals surface area contributed by atoms with Crippen LogP contribution >= 0.6 is 0 Å². The van der Waals surface area contributed by atoms with Crippen molar-refractivity contribution >= 4 is 0 Å². The molecule has 0 radical (unpaired) electrons. The molecule has 0 spiro atoms. The minimum atomic E-state index is 1.20. The molecule has 0 fully saturated rings. The van der Waals surface area contributed by atoms with Gasteiger partial charge in [0, 0.05) is 5.69 Å². The molecule has 1 aliphatic carbocycles. The Morgan fingerprint density at radius 2 is 1.62 bits per heavy atom. The van der Waals surface area contributed by atoms with E-state index in [4.69, 9.17) is 0 Å². The third kappa shape index (κ3) is 2.33. The number of hydrogen-bond acceptors (Lipinski definition) is 1. The monoisotopic (exact) mass is 178 g/mol. The Balaban J connectivity index is 2.03. The van der Waals surface area contributed by atoms with E-state index in [-0.39, 0.29) is 0 Å². The topological polar surface area (TPSA) is 28.7 Å². The maximum atomic E-state index is 4.12. The molecule has 13 heavy (non-hydrogen) atoms. The second-order valence-corrected chi connectivity index (χ2v) is 4.00. The fourth-order valence-electron chi connectivity index (χ4n) is 2.09. The lowest BCUT2D eigenvalue weighted by molar-refractivity contribution is 0.578. The molecule has 72 valence electrons. The summed E-state index contributed by atoms with van der Waals surface area (Å²) in [5.74, 6) is 0. The Bertz CT molecular complexity index is 228. The zero-order chi connectivity index (χ0) is 8.93. The highest BCUT2D eigenvalue weighted by atomic mass is 15.1. The average Bonchev–Trinajstić information content (AvgIpc) is 2.59. The molecule has 2 heteroatoms. The third-order valence-corrected chi connectivity index (χ3v) is 2.93. The molecule has 2 nitrogen and oxygen atoms in total. The van der Waals surface area contributed by atoms with E-state index in [1.807, 2.05) is 6.20 Å². The van der Waals surface area contributed by atoms with Crippen LogP contribution in [0.1, 0.15) is 49.8 Å². The van der Waals surface area contributed by atoms with E-state index in [2.05, 4.69) is 10.2 Å². The van der Waals surface area contributed by atoms with Gasteiger partial charge in [0.15, 0.2) is 0 Å². The van der Waals surface area contributed by atoms with Crippen molar-refractivity contribution in [1.82, 2.24) is 10.2 Å². The molecule has 0 bridgehead atoms. The smallest absolute Gasteiger partial charge is 0.0522 e. The van der Waals surface area contributed by atoms with Gasteiger partial charge in [-0.2, -0.15) is 5.10 Å². The maximum Gasteiger partial charge on any atom is 0.0522 e. The summed E-state index contributed by atoms with van der Waals surface area (Å²) in [7, 11) is 0. The average molecular weight is 178 g/mol. The summed E-state index contributed by atoms with van der Waals surface area (Å²) < 4.78 is 0. The van der Waals surface area contributed by atoms with Crippen LogP contribution in [0.25, 0.3) is 0 Å². The molecule has 2 rings (SSSR count). The van der Waals surface area contributed by atoms with Gasteiger partial charge in [0.2, 0.25) is 0 Å². The first-order valence-corrected chi connectivity index (χ1v) is 5.48. The summed E-state index contributed by atoms with van der Waals surface area (Å²) in [6, 6.07) is 0. The Labute approximate surface area is 79.7 Å². The number of nitrogens with one attached hydrogen (secondary N) is 1. The van der Waals surface area contributed by atoms with Crippen LogP contribution in [0, 0.1) is 0 Å². The lowest BCUT2D eigenvalue weighted by Crippen LogP contribution is -1.95. The van der Waals surface area contributed by atoms with Gasteiger partial charge >= 0.3 is 0 Å². The zero-order valence-corrected chi connectivity index (χ0v) is 8.18. The summed E-state index contributed by atoms with van der Waals surface area (Å²) in [6.45, 7) is 0. The third-order valence-electron chi connectivity index (χ3n) is 2.93. The molecule has 1 N–H and O–H groups in total. The van der Waals surface area contributed by atoms with Crippen molar-refractivity contribution in [3.05, 3.63) is 17.5 Å². The highest BCUT2D eigenvalue weighted by Gasteiger charge is 2.06. The van der Waals surface area contributed by atoms with Gasteiger partial charge in [0.1, 0.15) is 0 Å². The van der Waals surface area contributed by atoms with E-state index in [0.717, 1.165) is 0 Å². The standard InChI is InChI=1S/C11H18N2/c1-2-4-6-8-11-10(7-5-3-1)9-12-13-11/h9H,1-8H2,(H,12,13). The van der Waals surface area contributed by atoms with Crippen LogP contribution in [0.2, 0.25) is 0 Å². The zero-order valence-electron chi connectivity index (χ0n) is 8.18. The Morgan fingerprint density at radius 1 is 0.923 bits per heavy atom. The first-order valence-electron chi connectivity index (χ1n) is 5.48. The molecule has 0 unspecified atom stereocenters. The Hall–Kier alpha value is -0.790. The van der Waals surface area contributed by atoms with Gasteiger partial charge < -0.3 is 0 Å². The van der Waals surface area contributed by atoms with Gasteiger partial charge in [0.05, 0.1) is 6.20 Å². The lowest BCUT2D eigenvalue weighted by Gasteiger charge is -2.06. The number of fused-ring (bicyclic) bond motifs is 1. The van der Waals surface area contributed by atoms with Crippen molar-refractivity contribution in [3.63, 3.8) is 0 Å². The van der Waals surface area contributed by atoms with Gasteiger partial charge in [-0.3, -0.25) is 5.10 Å². The van der Waals surface area contributed by atoms with Gasteiger partial charge in [0.25, 0.3) is 0 Å². The number of nitrogens with zero attached hydrogens (tertiary/aromatic N) is 1. The highest BCUT2D eigenvalue weighted by Crippen LogP contribution is 2.17. The van der Waals surface area contributed by atoms with Crippen LogP contribution in [0.5, 0.6) is 0 Å². The lowest BCUT2D eigenvalue weighted by atomic mass is 10.00. The van der Waals surface area contributed by atoms with E-state index in [0.29, 0.717) is 0 Å². The summed E-state index contributed by atoms with van der Waals surface area (Å²) >= 11 is 0. The van der Waals surface area contributed by atoms with E-state index < -0.39 is 0 Å². The molecule has 1 heterocycles. The number of aromatic nitrogens is 2. The maximum absolute atomic E-state index is 4.12. The minimum Gasteiger partial charge on any atom is -0.282 e. The van der Waals surface area contributed by atoms with E-state index >= 15 is 0 Å². The number of aromatic amines is 1. The van der Waals surface area contributed by atoms with Gasteiger partial charge in [-0.05, 0) is 31.2 Å². The van der Waals surface area contributed by atoms with E-state index in [9.17, 15) is 0 Å². The Kier molecular flexibility index (Phi) is 3.01. The summed E-state index contributed by atoms with van der Waals surface area (Å²) in [5.41, 5.74) is 2.85. The largest absolute Gasteiger partial charge is 0.282 e. The van der Waals surface area contributed by atoms with Gasteiger partial charge in [-0.1, -0.05) is 25.7 Å². The minimum absolute atomic E-state index is 1.20. The molecule has 0 saturated heterocycles. The Morgan fingerprint density at radius 3 is 2.46 bits per heavy atom. The number of hydrogen-bond donors (Lipinski definition) is 1. The van der Waals surface area contributed by atoms with Crippen LogP contribution in [-0.2, 0) is 12.8 Å². The normalized spacial score (nSPS) is 19.4. The molecule has 0 aromatic carbocycles. The SMILES string of the molecule is c1n[nH]c2c1CCCCCCCC2. The predicted octanol–water partition coefficient (Wildman–Crippen LogP) is 2.85. The van der Waals surface area contributed by atoms with Crippen LogP contribution < -0.4 is 0 Å². The molecular weight excluding hydrogens is 160 g/mol. The summed E-state index contributed by atoms with van der Waals surface area (Å²) in [5, 5.41) is 7.25. The first-order chi connectivity index (χ1) is 6.47. The second-order valence-electron chi connectivity index (χ2n) is 4.00. The van der Waals surface area contributed by atoms with Crippen molar-refractivity contribution in [1.29, 1.82) is 0 Å². The van der Waals surface area contributed by atoms with E-state index in [1.54, 1.807) is 0 Å². The van der Waals surface area contributed by atoms with Crippen LogP contribution in [-0.4, -0.2) is 10.2 Å². The van der Waals surface area contributed by atoms with Crippen LogP contribution in [0.15, 0.2) is 6.20 Å².